The second kappa shape index (κ2) is 4.37. The van der Waals surface area contributed by atoms with Gasteiger partial charge in [-0.2, -0.15) is 0 Å². The summed E-state index contributed by atoms with van der Waals surface area (Å²) in [6, 6.07) is 8.00. The zero-order valence-electron chi connectivity index (χ0n) is 9.93. The molecule has 0 bridgehead atoms. The number of rotatable bonds is 4. The average molecular weight is 219 g/mol. The molecule has 3 nitrogen and oxygen atoms in total. The highest BCUT2D eigenvalue weighted by Crippen LogP contribution is 2.33. The molecule has 1 aromatic rings. The summed E-state index contributed by atoms with van der Waals surface area (Å²) in [5.74, 6) is 0. The molecule has 1 unspecified atom stereocenters. The van der Waals surface area contributed by atoms with Crippen LogP contribution in [-0.2, 0) is 0 Å². The Labute approximate surface area is 96.8 Å². The van der Waals surface area contributed by atoms with Gasteiger partial charge in [0.05, 0.1) is 0 Å². The van der Waals surface area contributed by atoms with E-state index in [-0.39, 0.29) is 4.65 Å². The van der Waals surface area contributed by atoms with Crippen LogP contribution < -0.4 is 4.65 Å². The van der Waals surface area contributed by atoms with Gasteiger partial charge in [-0.25, -0.2) is 5.21 Å². The van der Waals surface area contributed by atoms with Gasteiger partial charge in [0.2, 0.25) is 0 Å². The standard InChI is InChI=1S/C13H19N2O/c1-14(2)9-5-10-15(16)11-8-12-6-3-4-7-13(12)15/h3-4,6-8,11,16H,5,9-10H2,1-2H3/q+1. The number of benzene rings is 1. The highest BCUT2D eigenvalue weighted by molar-refractivity contribution is 5.71. The van der Waals surface area contributed by atoms with Gasteiger partial charge in [0.15, 0.2) is 5.69 Å². The van der Waals surface area contributed by atoms with E-state index in [0.717, 1.165) is 30.8 Å². The van der Waals surface area contributed by atoms with E-state index in [4.69, 9.17) is 0 Å². The van der Waals surface area contributed by atoms with Crippen molar-refractivity contribution in [3.05, 3.63) is 36.0 Å². The molecule has 0 aliphatic carbocycles. The van der Waals surface area contributed by atoms with Crippen molar-refractivity contribution in [2.75, 3.05) is 27.2 Å². The van der Waals surface area contributed by atoms with Crippen LogP contribution in [0.5, 0.6) is 0 Å². The van der Waals surface area contributed by atoms with Gasteiger partial charge < -0.3 is 4.90 Å². The maximum atomic E-state index is 10.5. The summed E-state index contributed by atoms with van der Waals surface area (Å²) in [7, 11) is 4.10. The summed E-state index contributed by atoms with van der Waals surface area (Å²) >= 11 is 0. The highest BCUT2D eigenvalue weighted by atomic mass is 16.5. The minimum Gasteiger partial charge on any atom is -0.309 e. The first kappa shape index (κ1) is 11.3. The normalized spacial score (nSPS) is 22.8. The van der Waals surface area contributed by atoms with Crippen molar-refractivity contribution < 1.29 is 5.21 Å². The molecule has 0 aromatic heterocycles. The third-order valence-corrected chi connectivity index (χ3v) is 2.96. The summed E-state index contributed by atoms with van der Waals surface area (Å²) in [6.45, 7) is 1.72. The first-order valence-electron chi connectivity index (χ1n) is 5.66. The molecule has 1 N–H and O–H groups in total. The van der Waals surface area contributed by atoms with Gasteiger partial charge in [0, 0.05) is 30.7 Å². The lowest BCUT2D eigenvalue weighted by Gasteiger charge is -2.23. The monoisotopic (exact) mass is 219 g/mol. The minimum absolute atomic E-state index is 0.0516. The molecule has 0 saturated carbocycles. The fourth-order valence-corrected chi connectivity index (χ4v) is 2.09. The molecular formula is C13H19N2O+. The van der Waals surface area contributed by atoms with E-state index in [0.29, 0.717) is 0 Å². The Hall–Kier alpha value is -1.16. The molecule has 2 rings (SSSR count). The molecule has 0 amide bonds. The van der Waals surface area contributed by atoms with E-state index in [1.54, 1.807) is 0 Å². The second-order valence-corrected chi connectivity index (χ2v) is 4.58. The molecule has 1 aliphatic rings. The quantitative estimate of drug-likeness (QED) is 0.786. The average Bonchev–Trinajstić information content (AvgIpc) is 2.57. The van der Waals surface area contributed by atoms with Crippen molar-refractivity contribution in [2.24, 2.45) is 0 Å². The summed E-state index contributed by atoms with van der Waals surface area (Å²) in [5.41, 5.74) is 2.11. The SMILES string of the molecule is CN(C)CCC[N+]1(O)C=Cc2ccccc21. The fourth-order valence-electron chi connectivity index (χ4n) is 2.09. The van der Waals surface area contributed by atoms with Gasteiger partial charge in [-0.1, -0.05) is 12.1 Å². The summed E-state index contributed by atoms with van der Waals surface area (Å²) in [4.78, 5) is 2.14. The molecule has 0 fully saturated rings. The van der Waals surface area contributed by atoms with Crippen LogP contribution in [-0.4, -0.2) is 37.3 Å². The van der Waals surface area contributed by atoms with Crippen LogP contribution in [0.1, 0.15) is 12.0 Å². The second-order valence-electron chi connectivity index (χ2n) is 4.58. The Kier molecular flexibility index (Phi) is 3.10. The molecule has 16 heavy (non-hydrogen) atoms. The van der Waals surface area contributed by atoms with Crippen LogP contribution in [0.15, 0.2) is 30.5 Å². The van der Waals surface area contributed by atoms with Crippen LogP contribution in [0.3, 0.4) is 0 Å². The maximum absolute atomic E-state index is 10.5. The summed E-state index contributed by atoms with van der Waals surface area (Å²) < 4.78 is -0.0516. The van der Waals surface area contributed by atoms with E-state index < -0.39 is 0 Å². The van der Waals surface area contributed by atoms with E-state index in [1.807, 2.05) is 36.5 Å². The van der Waals surface area contributed by atoms with Crippen molar-refractivity contribution in [2.45, 2.75) is 6.42 Å². The number of nitrogens with zero attached hydrogens (tertiary/aromatic N) is 2. The van der Waals surface area contributed by atoms with Gasteiger partial charge in [0.25, 0.3) is 0 Å². The van der Waals surface area contributed by atoms with Crippen LogP contribution in [0.4, 0.5) is 5.69 Å². The number of hydrogen-bond donors (Lipinski definition) is 1. The smallest absolute Gasteiger partial charge is 0.177 e. The van der Waals surface area contributed by atoms with Crippen LogP contribution in [0, 0.1) is 0 Å². The molecule has 1 aliphatic heterocycles. The van der Waals surface area contributed by atoms with Crippen molar-refractivity contribution in [1.29, 1.82) is 0 Å². The van der Waals surface area contributed by atoms with Gasteiger partial charge >= 0.3 is 0 Å². The third-order valence-electron chi connectivity index (χ3n) is 2.96. The lowest BCUT2D eigenvalue weighted by Crippen LogP contribution is -2.40. The van der Waals surface area contributed by atoms with Gasteiger partial charge in [-0.15, -0.1) is 4.65 Å². The largest absolute Gasteiger partial charge is 0.309 e. The van der Waals surface area contributed by atoms with Crippen LogP contribution in [0.25, 0.3) is 6.08 Å². The van der Waals surface area contributed by atoms with Crippen molar-refractivity contribution in [3.8, 4) is 0 Å². The van der Waals surface area contributed by atoms with Gasteiger partial charge in [-0.05, 0) is 20.2 Å². The topological polar surface area (TPSA) is 23.5 Å². The van der Waals surface area contributed by atoms with E-state index in [1.165, 1.54) is 0 Å². The molecule has 0 radical (unpaired) electrons. The molecule has 0 spiro atoms. The molecule has 1 heterocycles. The van der Waals surface area contributed by atoms with Crippen LogP contribution >= 0.6 is 0 Å². The predicted molar refractivity (Wildman–Crippen MR) is 67.1 cm³/mol. The summed E-state index contributed by atoms with van der Waals surface area (Å²) in [6.07, 6.45) is 4.83. The lowest BCUT2D eigenvalue weighted by atomic mass is 10.2. The molecule has 1 aromatic carbocycles. The fraction of sp³-hybridized carbons (Fsp3) is 0.385. The Morgan fingerprint density at radius 1 is 1.25 bits per heavy atom. The van der Waals surface area contributed by atoms with E-state index in [9.17, 15) is 5.21 Å². The van der Waals surface area contributed by atoms with Gasteiger partial charge in [0.1, 0.15) is 12.7 Å². The number of hydrogen-bond acceptors (Lipinski definition) is 2. The third kappa shape index (κ3) is 2.16. The van der Waals surface area contributed by atoms with Crippen molar-refractivity contribution in [3.63, 3.8) is 0 Å². The Bertz CT molecular complexity index is 401. The number of quaternary nitrogens is 1. The molecule has 0 saturated heterocycles. The van der Waals surface area contributed by atoms with Gasteiger partial charge in [-0.3, -0.25) is 0 Å². The first-order valence-corrected chi connectivity index (χ1v) is 5.66. The maximum Gasteiger partial charge on any atom is 0.177 e. The van der Waals surface area contributed by atoms with Crippen LogP contribution in [0.2, 0.25) is 0 Å². The Morgan fingerprint density at radius 3 is 2.75 bits per heavy atom. The zero-order valence-corrected chi connectivity index (χ0v) is 9.93. The predicted octanol–water partition coefficient (Wildman–Crippen LogP) is 2.32. The molecule has 3 heteroatoms. The van der Waals surface area contributed by atoms with E-state index >= 15 is 0 Å². The highest BCUT2D eigenvalue weighted by Gasteiger charge is 2.32. The molecule has 1 atom stereocenters. The number of para-hydroxylation sites is 1. The number of fused-ring (bicyclic) bond motifs is 1. The zero-order chi connectivity index (χ0) is 11.6. The van der Waals surface area contributed by atoms with E-state index in [2.05, 4.69) is 19.0 Å². The molecular weight excluding hydrogens is 200 g/mol. The van der Waals surface area contributed by atoms with Crippen molar-refractivity contribution in [1.82, 2.24) is 9.55 Å². The minimum atomic E-state index is -0.0516. The lowest BCUT2D eigenvalue weighted by molar-refractivity contribution is -0.0301. The molecule has 86 valence electrons. The summed E-state index contributed by atoms with van der Waals surface area (Å²) in [5, 5.41) is 10.5. The van der Waals surface area contributed by atoms with Crippen molar-refractivity contribution >= 4 is 11.8 Å². The Balaban J connectivity index is 2.07. The first-order chi connectivity index (χ1) is 7.62. The number of hydroxylamine groups is 2. The Morgan fingerprint density at radius 2 is 2.00 bits per heavy atom.